The normalized spacial score (nSPS) is 12.1. The molecule has 0 aliphatic rings. The van der Waals surface area contributed by atoms with Crippen LogP contribution >= 0.6 is 27.3 Å². The van der Waals surface area contributed by atoms with Crippen molar-refractivity contribution in [1.29, 1.82) is 0 Å². The van der Waals surface area contributed by atoms with E-state index in [-0.39, 0.29) is 5.54 Å². The Balaban J connectivity index is 2.16. The second kappa shape index (κ2) is 6.00. The smallest absolute Gasteiger partial charge is 0.0755 e. The SMILES string of the molecule is Cc1nn(Cc2cc(Br)cs2)c(C)c1CNC(C)(C)C. The molecule has 0 aliphatic heterocycles. The number of aromatic nitrogens is 2. The molecule has 0 saturated carbocycles. The van der Waals surface area contributed by atoms with Crippen LogP contribution in [0.15, 0.2) is 15.9 Å². The van der Waals surface area contributed by atoms with Crippen molar-refractivity contribution in [3.8, 4) is 0 Å². The molecule has 0 radical (unpaired) electrons. The highest BCUT2D eigenvalue weighted by atomic mass is 79.9. The van der Waals surface area contributed by atoms with Crippen LogP contribution in [0.1, 0.15) is 42.6 Å². The molecule has 0 fully saturated rings. The Labute approximate surface area is 133 Å². The molecule has 2 rings (SSSR count). The highest BCUT2D eigenvalue weighted by Crippen LogP contribution is 2.22. The van der Waals surface area contributed by atoms with E-state index >= 15 is 0 Å². The van der Waals surface area contributed by atoms with Crippen molar-refractivity contribution in [3.05, 3.63) is 37.7 Å². The third-order valence-corrected chi connectivity index (χ3v) is 4.94. The Morgan fingerprint density at radius 1 is 1.35 bits per heavy atom. The van der Waals surface area contributed by atoms with Crippen LogP contribution in [0, 0.1) is 13.8 Å². The van der Waals surface area contributed by atoms with E-state index in [0.717, 1.165) is 23.3 Å². The summed E-state index contributed by atoms with van der Waals surface area (Å²) >= 11 is 5.26. The molecule has 0 bridgehead atoms. The Kier molecular flexibility index (Phi) is 4.72. The van der Waals surface area contributed by atoms with E-state index in [1.54, 1.807) is 11.3 Å². The number of nitrogens with one attached hydrogen (secondary N) is 1. The zero-order valence-electron chi connectivity index (χ0n) is 12.7. The van der Waals surface area contributed by atoms with Crippen molar-refractivity contribution >= 4 is 27.3 Å². The van der Waals surface area contributed by atoms with Crippen molar-refractivity contribution in [3.63, 3.8) is 0 Å². The molecule has 3 nitrogen and oxygen atoms in total. The fraction of sp³-hybridized carbons (Fsp3) is 0.533. The first-order valence-electron chi connectivity index (χ1n) is 6.77. The number of hydrogen-bond acceptors (Lipinski definition) is 3. The minimum Gasteiger partial charge on any atom is -0.308 e. The molecular weight excluding hydrogens is 334 g/mol. The third-order valence-electron chi connectivity index (χ3n) is 3.25. The first-order chi connectivity index (χ1) is 9.26. The van der Waals surface area contributed by atoms with Gasteiger partial charge in [-0.2, -0.15) is 5.10 Å². The summed E-state index contributed by atoms with van der Waals surface area (Å²) in [7, 11) is 0. The zero-order chi connectivity index (χ0) is 14.9. The summed E-state index contributed by atoms with van der Waals surface area (Å²) < 4.78 is 3.25. The quantitative estimate of drug-likeness (QED) is 0.887. The molecule has 20 heavy (non-hydrogen) atoms. The van der Waals surface area contributed by atoms with E-state index in [0.29, 0.717) is 0 Å². The van der Waals surface area contributed by atoms with E-state index < -0.39 is 0 Å². The van der Waals surface area contributed by atoms with Gasteiger partial charge in [0.1, 0.15) is 0 Å². The number of aryl methyl sites for hydroxylation is 1. The van der Waals surface area contributed by atoms with Crippen molar-refractivity contribution in [1.82, 2.24) is 15.1 Å². The van der Waals surface area contributed by atoms with Crippen LogP contribution in [-0.4, -0.2) is 15.3 Å². The van der Waals surface area contributed by atoms with Crippen molar-refractivity contribution in [2.45, 2.75) is 53.2 Å². The lowest BCUT2D eigenvalue weighted by atomic mass is 10.1. The second-order valence-electron chi connectivity index (χ2n) is 6.14. The number of halogens is 1. The molecule has 2 heterocycles. The Morgan fingerprint density at radius 2 is 2.05 bits per heavy atom. The van der Waals surface area contributed by atoms with E-state index in [9.17, 15) is 0 Å². The van der Waals surface area contributed by atoms with Crippen LogP contribution in [0.4, 0.5) is 0 Å². The highest BCUT2D eigenvalue weighted by Gasteiger charge is 2.15. The van der Waals surface area contributed by atoms with Crippen LogP contribution < -0.4 is 5.32 Å². The molecule has 2 aromatic rings. The molecule has 0 aliphatic carbocycles. The Hall–Kier alpha value is -0.650. The Morgan fingerprint density at radius 3 is 2.60 bits per heavy atom. The lowest BCUT2D eigenvalue weighted by Gasteiger charge is -2.20. The van der Waals surface area contributed by atoms with Gasteiger partial charge >= 0.3 is 0 Å². The monoisotopic (exact) mass is 355 g/mol. The minimum absolute atomic E-state index is 0.125. The molecule has 0 amide bonds. The number of nitrogens with zero attached hydrogens (tertiary/aromatic N) is 2. The van der Waals surface area contributed by atoms with Gasteiger partial charge in [0, 0.05) is 38.1 Å². The molecule has 0 aromatic carbocycles. The molecule has 2 aromatic heterocycles. The maximum atomic E-state index is 4.68. The lowest BCUT2D eigenvalue weighted by Crippen LogP contribution is -2.35. The maximum Gasteiger partial charge on any atom is 0.0755 e. The average molecular weight is 356 g/mol. The molecule has 5 heteroatoms. The first-order valence-corrected chi connectivity index (χ1v) is 8.44. The van der Waals surface area contributed by atoms with Crippen LogP contribution in [0.3, 0.4) is 0 Å². The minimum atomic E-state index is 0.125. The van der Waals surface area contributed by atoms with Crippen LogP contribution in [0.25, 0.3) is 0 Å². The van der Waals surface area contributed by atoms with Gasteiger partial charge in [0.15, 0.2) is 0 Å². The number of hydrogen-bond donors (Lipinski definition) is 1. The fourth-order valence-electron chi connectivity index (χ4n) is 2.08. The molecule has 0 saturated heterocycles. The molecule has 0 spiro atoms. The van der Waals surface area contributed by atoms with Gasteiger partial charge in [0.2, 0.25) is 0 Å². The van der Waals surface area contributed by atoms with Gasteiger partial charge < -0.3 is 5.32 Å². The van der Waals surface area contributed by atoms with Gasteiger partial charge in [-0.05, 0) is 56.6 Å². The molecular formula is C15H22BrN3S. The summed E-state index contributed by atoms with van der Waals surface area (Å²) in [4.78, 5) is 1.32. The predicted molar refractivity (Wildman–Crippen MR) is 89.4 cm³/mol. The summed E-state index contributed by atoms with van der Waals surface area (Å²) in [5, 5.41) is 10.3. The predicted octanol–water partition coefficient (Wildman–Crippen LogP) is 4.26. The van der Waals surface area contributed by atoms with E-state index in [1.807, 2.05) is 0 Å². The molecule has 110 valence electrons. The number of rotatable bonds is 4. The molecule has 0 unspecified atom stereocenters. The van der Waals surface area contributed by atoms with Crippen molar-refractivity contribution in [2.75, 3.05) is 0 Å². The standard InChI is InChI=1S/C15H22BrN3S/c1-10-14(7-17-15(3,4)5)11(2)19(18-10)8-13-6-12(16)9-20-13/h6,9,17H,7-8H2,1-5H3. The molecule has 1 N–H and O–H groups in total. The van der Waals surface area contributed by atoms with E-state index in [4.69, 9.17) is 0 Å². The van der Waals surface area contributed by atoms with Gasteiger partial charge in [-0.25, -0.2) is 0 Å². The lowest BCUT2D eigenvalue weighted by molar-refractivity contribution is 0.423. The van der Waals surface area contributed by atoms with Crippen molar-refractivity contribution < 1.29 is 0 Å². The fourth-order valence-corrected chi connectivity index (χ4v) is 3.51. The summed E-state index contributed by atoms with van der Waals surface area (Å²) in [6.07, 6.45) is 0. The van der Waals surface area contributed by atoms with Crippen LogP contribution in [0.5, 0.6) is 0 Å². The van der Waals surface area contributed by atoms with Crippen LogP contribution in [-0.2, 0) is 13.1 Å². The van der Waals surface area contributed by atoms with Crippen LogP contribution in [0.2, 0.25) is 0 Å². The Bertz CT molecular complexity index is 593. The number of thiophene rings is 1. The average Bonchev–Trinajstić information content (AvgIpc) is 2.82. The highest BCUT2D eigenvalue weighted by molar-refractivity contribution is 9.10. The summed E-state index contributed by atoms with van der Waals surface area (Å²) in [6.45, 7) is 12.5. The second-order valence-corrected chi connectivity index (χ2v) is 8.05. The first kappa shape index (κ1) is 15.7. The van der Waals surface area contributed by atoms with Gasteiger partial charge in [-0.1, -0.05) is 0 Å². The zero-order valence-corrected chi connectivity index (χ0v) is 15.2. The van der Waals surface area contributed by atoms with Gasteiger partial charge in [0.05, 0.1) is 12.2 Å². The summed E-state index contributed by atoms with van der Waals surface area (Å²) in [5.41, 5.74) is 3.81. The topological polar surface area (TPSA) is 29.9 Å². The van der Waals surface area contributed by atoms with E-state index in [1.165, 1.54) is 16.1 Å². The van der Waals surface area contributed by atoms with Gasteiger partial charge in [-0.15, -0.1) is 11.3 Å². The van der Waals surface area contributed by atoms with Gasteiger partial charge in [-0.3, -0.25) is 4.68 Å². The van der Waals surface area contributed by atoms with E-state index in [2.05, 4.69) is 77.1 Å². The third kappa shape index (κ3) is 3.93. The molecule has 0 atom stereocenters. The summed E-state index contributed by atoms with van der Waals surface area (Å²) in [5.74, 6) is 0. The summed E-state index contributed by atoms with van der Waals surface area (Å²) in [6, 6.07) is 2.16. The van der Waals surface area contributed by atoms with Gasteiger partial charge in [0.25, 0.3) is 0 Å². The van der Waals surface area contributed by atoms with Crippen molar-refractivity contribution in [2.24, 2.45) is 0 Å². The maximum absolute atomic E-state index is 4.68. The largest absolute Gasteiger partial charge is 0.308 e.